The third-order valence-corrected chi connectivity index (χ3v) is 5.22. The van der Waals surface area contributed by atoms with Gasteiger partial charge in [0.2, 0.25) is 5.91 Å². The number of aromatic nitrogens is 4. The molecular formula is C20H24N6O. The second-order valence-corrected chi connectivity index (χ2v) is 7.09. The van der Waals surface area contributed by atoms with Crippen LogP contribution in [0.5, 0.6) is 0 Å². The van der Waals surface area contributed by atoms with E-state index in [1.165, 1.54) is 0 Å². The number of carbonyl (C=O) groups is 1. The zero-order chi connectivity index (χ0) is 18.8. The Labute approximate surface area is 158 Å². The number of carbonyl (C=O) groups excluding carboxylic acids is 1. The first-order valence-corrected chi connectivity index (χ1v) is 9.21. The van der Waals surface area contributed by atoms with Crippen molar-refractivity contribution in [3.8, 4) is 5.69 Å². The molecule has 1 aliphatic heterocycles. The zero-order valence-corrected chi connectivity index (χ0v) is 15.5. The fourth-order valence-electron chi connectivity index (χ4n) is 3.68. The van der Waals surface area contributed by atoms with Crippen molar-refractivity contribution in [3.63, 3.8) is 0 Å². The van der Waals surface area contributed by atoms with E-state index < -0.39 is 0 Å². The number of nitrogens with one attached hydrogen (secondary N) is 2. The van der Waals surface area contributed by atoms with Gasteiger partial charge >= 0.3 is 0 Å². The van der Waals surface area contributed by atoms with E-state index in [0.29, 0.717) is 6.54 Å². The highest BCUT2D eigenvalue weighted by atomic mass is 16.2. The lowest BCUT2D eigenvalue weighted by atomic mass is 9.90. The summed E-state index contributed by atoms with van der Waals surface area (Å²) in [6.45, 7) is 3.51. The van der Waals surface area contributed by atoms with E-state index in [1.54, 1.807) is 10.9 Å². The predicted molar refractivity (Wildman–Crippen MR) is 102 cm³/mol. The van der Waals surface area contributed by atoms with Gasteiger partial charge in [-0.1, -0.05) is 12.1 Å². The van der Waals surface area contributed by atoms with Crippen LogP contribution in [0, 0.1) is 5.92 Å². The highest BCUT2D eigenvalue weighted by Gasteiger charge is 2.35. The number of nitrogens with zero attached hydrogens (tertiary/aromatic N) is 4. The van der Waals surface area contributed by atoms with Crippen molar-refractivity contribution < 1.29 is 4.79 Å². The smallest absolute Gasteiger partial charge is 0.225 e. The second-order valence-electron chi connectivity index (χ2n) is 7.09. The molecular weight excluding hydrogens is 340 g/mol. The monoisotopic (exact) mass is 364 g/mol. The van der Waals surface area contributed by atoms with E-state index in [9.17, 15) is 4.79 Å². The Bertz CT molecular complexity index is 899. The van der Waals surface area contributed by atoms with Gasteiger partial charge in [0.25, 0.3) is 0 Å². The first-order valence-electron chi connectivity index (χ1n) is 9.21. The topological polar surface area (TPSA) is 76.8 Å². The minimum atomic E-state index is -0.0833. The van der Waals surface area contributed by atoms with Crippen LogP contribution in [0.25, 0.3) is 5.69 Å². The molecule has 1 unspecified atom stereocenters. The molecule has 7 heteroatoms. The fraction of sp³-hybridized carbons (Fsp3) is 0.350. The molecule has 0 spiro atoms. The molecule has 4 rings (SSSR count). The number of benzene rings is 1. The van der Waals surface area contributed by atoms with Crippen molar-refractivity contribution in [2.24, 2.45) is 13.0 Å². The molecule has 0 aliphatic carbocycles. The summed E-state index contributed by atoms with van der Waals surface area (Å²) in [6, 6.07) is 9.94. The van der Waals surface area contributed by atoms with Gasteiger partial charge in [0.05, 0.1) is 23.8 Å². The number of aryl methyl sites for hydroxylation is 1. The van der Waals surface area contributed by atoms with E-state index in [2.05, 4.69) is 20.8 Å². The number of hydrogen-bond acceptors (Lipinski definition) is 4. The predicted octanol–water partition coefficient (Wildman–Crippen LogP) is 1.79. The standard InChI is InChI=1S/C20H24N6O/c1-14(15-4-6-17(7-5-15)26-9-3-8-22-26)24-20(27)19-12-21-11-18(19)16-10-23-25(2)13-16/h3-10,13-14,18-19,21H,11-12H2,1-2H3,(H,24,27)/t14?,18-,19+/m1/s1. The normalized spacial score (nSPS) is 20.5. The minimum absolute atomic E-state index is 0.0562. The SMILES string of the molecule is CC(NC(=O)[C@H]1CNC[C@@H]1c1cnn(C)c1)c1ccc(-n2cccn2)cc1. The molecule has 2 aromatic heterocycles. The van der Waals surface area contributed by atoms with Gasteiger partial charge in [-0.05, 0) is 36.2 Å². The Balaban J connectivity index is 1.42. The van der Waals surface area contributed by atoms with Crippen molar-refractivity contribution in [1.82, 2.24) is 30.2 Å². The van der Waals surface area contributed by atoms with Crippen LogP contribution in [-0.4, -0.2) is 38.6 Å². The first kappa shape index (κ1) is 17.5. The van der Waals surface area contributed by atoms with Gasteiger partial charge in [0, 0.05) is 44.6 Å². The molecule has 1 amide bonds. The van der Waals surface area contributed by atoms with Gasteiger partial charge in [-0.25, -0.2) is 4.68 Å². The molecule has 2 N–H and O–H groups in total. The maximum atomic E-state index is 12.9. The molecule has 3 atom stereocenters. The summed E-state index contributed by atoms with van der Waals surface area (Å²) in [5.74, 6) is 0.158. The average molecular weight is 364 g/mol. The summed E-state index contributed by atoms with van der Waals surface area (Å²) in [6.07, 6.45) is 7.52. The minimum Gasteiger partial charge on any atom is -0.349 e. The van der Waals surface area contributed by atoms with Crippen LogP contribution in [0.3, 0.4) is 0 Å². The highest BCUT2D eigenvalue weighted by Crippen LogP contribution is 2.28. The van der Waals surface area contributed by atoms with Gasteiger partial charge < -0.3 is 10.6 Å². The van der Waals surface area contributed by atoms with Gasteiger partial charge in [-0.3, -0.25) is 9.48 Å². The van der Waals surface area contributed by atoms with E-state index in [4.69, 9.17) is 0 Å². The summed E-state index contributed by atoms with van der Waals surface area (Å²) < 4.78 is 3.60. The first-order chi connectivity index (χ1) is 13.1. The van der Waals surface area contributed by atoms with E-state index in [1.807, 2.05) is 67.6 Å². The van der Waals surface area contributed by atoms with Crippen molar-refractivity contribution in [2.45, 2.75) is 18.9 Å². The second kappa shape index (κ2) is 7.36. The summed E-state index contributed by atoms with van der Waals surface area (Å²) in [7, 11) is 1.90. The average Bonchev–Trinajstić information content (AvgIpc) is 3.42. The fourth-order valence-corrected chi connectivity index (χ4v) is 3.68. The molecule has 7 nitrogen and oxygen atoms in total. The van der Waals surface area contributed by atoms with Gasteiger partial charge in [0.1, 0.15) is 0 Å². The van der Waals surface area contributed by atoms with Gasteiger partial charge in [-0.15, -0.1) is 0 Å². The number of hydrogen-bond donors (Lipinski definition) is 2. The lowest BCUT2D eigenvalue weighted by molar-refractivity contribution is -0.125. The Morgan fingerprint density at radius 2 is 2.07 bits per heavy atom. The zero-order valence-electron chi connectivity index (χ0n) is 15.5. The maximum absolute atomic E-state index is 12.9. The van der Waals surface area contributed by atoms with Crippen molar-refractivity contribution in [3.05, 3.63) is 66.2 Å². The summed E-state index contributed by atoms with van der Waals surface area (Å²) in [5.41, 5.74) is 3.18. The molecule has 1 aromatic carbocycles. The van der Waals surface area contributed by atoms with E-state index >= 15 is 0 Å². The third-order valence-electron chi connectivity index (χ3n) is 5.22. The Hall–Kier alpha value is -2.93. The van der Waals surface area contributed by atoms with Crippen LogP contribution in [0.4, 0.5) is 0 Å². The molecule has 1 fully saturated rings. The molecule has 0 bridgehead atoms. The molecule has 140 valence electrons. The van der Waals surface area contributed by atoms with Gasteiger partial charge in [0.15, 0.2) is 0 Å². The Morgan fingerprint density at radius 3 is 2.74 bits per heavy atom. The van der Waals surface area contributed by atoms with E-state index in [0.717, 1.165) is 23.4 Å². The van der Waals surface area contributed by atoms with Crippen LogP contribution in [0.2, 0.25) is 0 Å². The van der Waals surface area contributed by atoms with Crippen molar-refractivity contribution in [1.29, 1.82) is 0 Å². The van der Waals surface area contributed by atoms with E-state index in [-0.39, 0.29) is 23.8 Å². The largest absolute Gasteiger partial charge is 0.349 e. The van der Waals surface area contributed by atoms with Crippen LogP contribution in [0.15, 0.2) is 55.1 Å². The van der Waals surface area contributed by atoms with Crippen LogP contribution >= 0.6 is 0 Å². The van der Waals surface area contributed by atoms with Gasteiger partial charge in [-0.2, -0.15) is 10.2 Å². The van der Waals surface area contributed by atoms with Crippen molar-refractivity contribution in [2.75, 3.05) is 13.1 Å². The highest BCUT2D eigenvalue weighted by molar-refractivity contribution is 5.81. The summed E-state index contributed by atoms with van der Waals surface area (Å²) in [5, 5.41) is 15.0. The Morgan fingerprint density at radius 1 is 1.26 bits per heavy atom. The molecule has 0 saturated carbocycles. The molecule has 3 heterocycles. The summed E-state index contributed by atoms with van der Waals surface area (Å²) >= 11 is 0. The molecule has 27 heavy (non-hydrogen) atoms. The van der Waals surface area contributed by atoms with Crippen LogP contribution in [-0.2, 0) is 11.8 Å². The quantitative estimate of drug-likeness (QED) is 0.724. The lowest BCUT2D eigenvalue weighted by Gasteiger charge is -2.21. The summed E-state index contributed by atoms with van der Waals surface area (Å²) in [4.78, 5) is 12.9. The number of rotatable bonds is 5. The number of amides is 1. The molecule has 1 saturated heterocycles. The molecule has 3 aromatic rings. The third kappa shape index (κ3) is 3.64. The lowest BCUT2D eigenvalue weighted by Crippen LogP contribution is -2.36. The van der Waals surface area contributed by atoms with Crippen molar-refractivity contribution >= 4 is 5.91 Å². The molecule has 0 radical (unpaired) electrons. The van der Waals surface area contributed by atoms with Crippen LogP contribution < -0.4 is 10.6 Å². The maximum Gasteiger partial charge on any atom is 0.225 e. The Kier molecular flexibility index (Phi) is 4.77. The van der Waals surface area contributed by atoms with Crippen LogP contribution in [0.1, 0.15) is 30.0 Å². The molecule has 1 aliphatic rings.